The molecule has 0 aliphatic rings. The van der Waals surface area contributed by atoms with E-state index in [-0.39, 0.29) is 33.7 Å². The summed E-state index contributed by atoms with van der Waals surface area (Å²) in [6, 6.07) is 3.00. The summed E-state index contributed by atoms with van der Waals surface area (Å²) in [6.45, 7) is 2.91. The van der Waals surface area contributed by atoms with Crippen LogP contribution in [0.5, 0.6) is 11.6 Å². The Balaban J connectivity index is 2.21. The molecule has 0 N–H and O–H groups in total. The van der Waals surface area contributed by atoms with Gasteiger partial charge in [-0.05, 0) is 48.7 Å². The van der Waals surface area contributed by atoms with Crippen LogP contribution in [0.3, 0.4) is 0 Å². The van der Waals surface area contributed by atoms with Crippen molar-refractivity contribution in [2.75, 3.05) is 0 Å². The predicted octanol–water partition coefficient (Wildman–Crippen LogP) is 4.98. The Morgan fingerprint density at radius 2 is 2.00 bits per heavy atom. The molecule has 0 saturated carbocycles. The fraction of sp³-hybridized carbons (Fsp3) is 0.222. The maximum absolute atomic E-state index is 13.7. The van der Waals surface area contributed by atoms with E-state index in [4.69, 9.17) is 21.6 Å². The van der Waals surface area contributed by atoms with Crippen LogP contribution in [0.15, 0.2) is 18.3 Å². The molecule has 0 fully saturated rings. The number of ether oxygens (including phenoxy) is 1. The Morgan fingerprint density at radius 1 is 1.29 bits per heavy atom. The van der Waals surface area contributed by atoms with Crippen molar-refractivity contribution in [3.63, 3.8) is 0 Å². The van der Waals surface area contributed by atoms with Crippen LogP contribution in [0.1, 0.15) is 22.3 Å². The number of alkyl halides is 3. The predicted molar refractivity (Wildman–Crippen MR) is 97.0 cm³/mol. The molecule has 0 unspecified atom stereocenters. The molecule has 144 valence electrons. The lowest BCUT2D eigenvalue weighted by Gasteiger charge is -2.19. The van der Waals surface area contributed by atoms with Crippen LogP contribution in [0.2, 0.25) is 5.28 Å². The van der Waals surface area contributed by atoms with Gasteiger partial charge in [0.15, 0.2) is 5.65 Å². The molecule has 10 heteroatoms. The second kappa shape index (κ2) is 7.13. The van der Waals surface area contributed by atoms with Gasteiger partial charge in [0.2, 0.25) is 11.2 Å². The van der Waals surface area contributed by atoms with Gasteiger partial charge in [-0.1, -0.05) is 0 Å². The quantitative estimate of drug-likeness (QED) is 0.452. The van der Waals surface area contributed by atoms with E-state index >= 15 is 0 Å². The minimum absolute atomic E-state index is 0.00125. The third-order valence-electron chi connectivity index (χ3n) is 3.99. The third kappa shape index (κ3) is 3.64. The van der Waals surface area contributed by atoms with E-state index in [1.165, 1.54) is 17.7 Å². The highest BCUT2D eigenvalue weighted by molar-refractivity contribution is 6.28. The molecule has 0 atom stereocenters. The smallest absolute Gasteiger partial charge is 0.417 e. The zero-order valence-electron chi connectivity index (χ0n) is 15.0. The topological polar surface area (TPSA) is 76.6 Å². The number of nitriles is 1. The van der Waals surface area contributed by atoms with E-state index in [2.05, 4.69) is 15.1 Å². The lowest BCUT2D eigenvalue weighted by atomic mass is 9.96. The Bertz CT molecular complexity index is 1150. The Kier molecular flexibility index (Phi) is 5.00. The number of hydrogen-bond donors (Lipinski definition) is 0. The summed E-state index contributed by atoms with van der Waals surface area (Å²) in [5.41, 5.74) is -0.435. The molecular weight excluding hydrogens is 395 g/mol. The molecule has 2 heterocycles. The number of aryl methyl sites for hydroxylation is 2. The van der Waals surface area contributed by atoms with Gasteiger partial charge in [-0.25, -0.2) is 0 Å². The normalized spacial score (nSPS) is 11.9. The van der Waals surface area contributed by atoms with Gasteiger partial charge in [0.25, 0.3) is 0 Å². The summed E-state index contributed by atoms with van der Waals surface area (Å²) < 4.78 is 48.3. The molecule has 0 saturated heterocycles. The zero-order chi connectivity index (χ0) is 20.6. The highest BCUT2D eigenvalue weighted by Gasteiger charge is 2.36. The van der Waals surface area contributed by atoms with Crippen LogP contribution in [0.25, 0.3) is 17.1 Å². The first-order chi connectivity index (χ1) is 13.1. The number of halogens is 4. The molecule has 1 aromatic carbocycles. The zero-order valence-corrected chi connectivity index (χ0v) is 15.7. The average Bonchev–Trinajstić information content (AvgIpc) is 2.95. The van der Waals surface area contributed by atoms with Gasteiger partial charge < -0.3 is 4.74 Å². The first-order valence-corrected chi connectivity index (χ1v) is 8.32. The van der Waals surface area contributed by atoms with Gasteiger partial charge in [0.1, 0.15) is 11.1 Å². The summed E-state index contributed by atoms with van der Waals surface area (Å²) in [6.07, 6.45) is -0.945. The highest BCUT2D eigenvalue weighted by atomic mass is 35.5. The number of benzene rings is 1. The van der Waals surface area contributed by atoms with E-state index in [0.717, 1.165) is 12.2 Å². The molecule has 0 spiro atoms. The average molecular weight is 408 g/mol. The van der Waals surface area contributed by atoms with Crippen LogP contribution in [0, 0.1) is 25.2 Å². The fourth-order valence-electron chi connectivity index (χ4n) is 2.93. The van der Waals surface area contributed by atoms with Crippen LogP contribution in [-0.4, -0.2) is 19.7 Å². The van der Waals surface area contributed by atoms with Gasteiger partial charge in [0, 0.05) is 24.9 Å². The molecule has 0 aliphatic carbocycles. The maximum Gasteiger partial charge on any atom is 0.417 e. The number of nitrogens with zero attached hydrogens (tertiary/aromatic N) is 5. The Labute approximate surface area is 162 Å². The third-order valence-corrected chi connectivity index (χ3v) is 4.15. The number of fused-ring (bicyclic) bond motifs is 1. The van der Waals surface area contributed by atoms with E-state index in [9.17, 15) is 13.2 Å². The minimum Gasteiger partial charge on any atom is -0.438 e. The van der Waals surface area contributed by atoms with Gasteiger partial charge in [-0.3, -0.25) is 4.68 Å². The molecule has 0 amide bonds. The van der Waals surface area contributed by atoms with Crippen LogP contribution >= 0.6 is 11.6 Å². The van der Waals surface area contributed by atoms with Crippen molar-refractivity contribution in [3.05, 3.63) is 45.9 Å². The van der Waals surface area contributed by atoms with Crippen molar-refractivity contribution in [1.82, 2.24) is 19.7 Å². The molecule has 0 radical (unpaired) electrons. The van der Waals surface area contributed by atoms with Crippen LogP contribution < -0.4 is 4.74 Å². The monoisotopic (exact) mass is 407 g/mol. The first-order valence-electron chi connectivity index (χ1n) is 7.94. The summed E-state index contributed by atoms with van der Waals surface area (Å²) in [5, 5.41) is 13.0. The summed E-state index contributed by atoms with van der Waals surface area (Å²) >= 11 is 5.89. The molecule has 2 aromatic heterocycles. The van der Waals surface area contributed by atoms with Crippen LogP contribution in [-0.2, 0) is 13.2 Å². The lowest BCUT2D eigenvalue weighted by molar-refractivity contribution is -0.138. The summed E-state index contributed by atoms with van der Waals surface area (Å²) in [5.74, 6) is 0.00379. The van der Waals surface area contributed by atoms with Crippen molar-refractivity contribution >= 4 is 28.7 Å². The lowest BCUT2D eigenvalue weighted by Crippen LogP contribution is -2.12. The SMILES string of the molecule is Cc1cc(C=CC#N)c(C(F)(F)F)c(C)c1Oc1nc(Cl)nc2nn(C)cc12. The van der Waals surface area contributed by atoms with Gasteiger partial charge in [-0.2, -0.15) is 33.5 Å². The Hall–Kier alpha value is -3.12. The van der Waals surface area contributed by atoms with Crippen molar-refractivity contribution in [2.24, 2.45) is 7.05 Å². The number of aromatic nitrogens is 4. The molecular formula is C18H13ClF3N5O. The van der Waals surface area contributed by atoms with Gasteiger partial charge in [0.05, 0.1) is 11.6 Å². The van der Waals surface area contributed by atoms with Crippen molar-refractivity contribution in [1.29, 1.82) is 5.26 Å². The van der Waals surface area contributed by atoms with Gasteiger partial charge >= 0.3 is 6.18 Å². The van der Waals surface area contributed by atoms with Gasteiger partial charge in [-0.15, -0.1) is 0 Å². The van der Waals surface area contributed by atoms with E-state index in [1.807, 2.05) is 0 Å². The van der Waals surface area contributed by atoms with E-state index in [0.29, 0.717) is 10.9 Å². The molecule has 3 aromatic rings. The fourth-order valence-corrected chi connectivity index (χ4v) is 3.09. The van der Waals surface area contributed by atoms with E-state index in [1.54, 1.807) is 26.2 Å². The second-order valence-electron chi connectivity index (χ2n) is 6.01. The summed E-state index contributed by atoms with van der Waals surface area (Å²) in [7, 11) is 1.66. The highest BCUT2D eigenvalue weighted by Crippen LogP contribution is 2.42. The molecule has 3 rings (SSSR count). The first kappa shape index (κ1) is 19.6. The largest absolute Gasteiger partial charge is 0.438 e. The molecule has 0 aliphatic heterocycles. The maximum atomic E-state index is 13.7. The number of rotatable bonds is 3. The standard InChI is InChI=1S/C18H13ClF3N5O/c1-9-7-11(5-4-6-23)13(18(20,21)22)10(2)14(9)28-16-12-8-27(3)26-15(12)24-17(19)25-16/h4-5,7-8H,1-3H3. The Morgan fingerprint density at radius 3 is 2.64 bits per heavy atom. The van der Waals surface area contributed by atoms with E-state index < -0.39 is 11.7 Å². The van der Waals surface area contributed by atoms with Crippen molar-refractivity contribution in [2.45, 2.75) is 20.0 Å². The second-order valence-corrected chi connectivity index (χ2v) is 6.35. The van der Waals surface area contributed by atoms with Crippen molar-refractivity contribution < 1.29 is 17.9 Å². The van der Waals surface area contributed by atoms with Crippen molar-refractivity contribution in [3.8, 4) is 17.7 Å². The summed E-state index contributed by atoms with van der Waals surface area (Å²) in [4.78, 5) is 7.97. The number of hydrogen-bond acceptors (Lipinski definition) is 5. The molecule has 28 heavy (non-hydrogen) atoms. The molecule has 0 bridgehead atoms. The minimum atomic E-state index is -4.64. The molecule has 6 nitrogen and oxygen atoms in total. The van der Waals surface area contributed by atoms with Crippen LogP contribution in [0.4, 0.5) is 13.2 Å². The number of allylic oxidation sites excluding steroid dienone is 1.